The fraction of sp³-hybridized carbons (Fsp3) is 0.235. The average molecular weight is 328 g/mol. The first kappa shape index (κ1) is 15.2. The number of Topliss-reactive ketones (excluding diaryl/α,β-unsaturated/α-hetero) is 1. The van der Waals surface area contributed by atoms with Crippen molar-refractivity contribution in [3.63, 3.8) is 0 Å². The van der Waals surface area contributed by atoms with Crippen molar-refractivity contribution in [3.8, 4) is 0 Å². The van der Waals surface area contributed by atoms with Crippen molar-refractivity contribution in [3.05, 3.63) is 53.2 Å². The van der Waals surface area contributed by atoms with E-state index in [9.17, 15) is 4.79 Å². The number of aryl methyl sites for hydroxylation is 1. The Hall–Kier alpha value is -1.72. The molecule has 3 rings (SSSR count). The minimum atomic E-state index is -0.173. The Balaban J connectivity index is 1.79. The number of hydrogen-bond donors (Lipinski definition) is 0. The molecule has 3 nitrogen and oxygen atoms in total. The van der Waals surface area contributed by atoms with Gasteiger partial charge in [-0.05, 0) is 30.4 Å². The van der Waals surface area contributed by atoms with E-state index in [1.807, 2.05) is 42.6 Å². The van der Waals surface area contributed by atoms with Gasteiger partial charge in [0.15, 0.2) is 5.78 Å². The first-order valence-electron chi connectivity index (χ1n) is 7.17. The lowest BCUT2D eigenvalue weighted by atomic mass is 10.1. The van der Waals surface area contributed by atoms with E-state index in [4.69, 9.17) is 0 Å². The maximum atomic E-state index is 12.6. The summed E-state index contributed by atoms with van der Waals surface area (Å²) in [4.78, 5) is 21.1. The Bertz CT molecular complexity index is 796. The number of ketones is 1. The largest absolute Gasteiger partial charge is 0.293 e. The first-order chi connectivity index (χ1) is 10.7. The highest BCUT2D eigenvalue weighted by Crippen LogP contribution is 2.32. The van der Waals surface area contributed by atoms with Crippen molar-refractivity contribution in [2.75, 3.05) is 0 Å². The van der Waals surface area contributed by atoms with Crippen molar-refractivity contribution < 1.29 is 4.79 Å². The normalized spacial score (nSPS) is 12.5. The quantitative estimate of drug-likeness (QED) is 0.389. The van der Waals surface area contributed by atoms with Gasteiger partial charge >= 0.3 is 0 Å². The number of aromatic nitrogens is 2. The first-order valence-corrected chi connectivity index (χ1v) is 8.93. The molecule has 0 radical (unpaired) electrons. The SMILES string of the molecule is CCc1ccc(C(=O)C(C)Sc2ncnc3ccsc23)cc1. The summed E-state index contributed by atoms with van der Waals surface area (Å²) in [5, 5.41) is 2.71. The van der Waals surface area contributed by atoms with E-state index in [0.29, 0.717) is 0 Å². The van der Waals surface area contributed by atoms with Gasteiger partial charge in [0.1, 0.15) is 11.4 Å². The van der Waals surface area contributed by atoms with Crippen LogP contribution in [0.2, 0.25) is 0 Å². The van der Waals surface area contributed by atoms with Crippen LogP contribution in [0.1, 0.15) is 29.8 Å². The van der Waals surface area contributed by atoms with Crippen LogP contribution >= 0.6 is 23.1 Å². The summed E-state index contributed by atoms with van der Waals surface area (Å²) < 4.78 is 1.05. The molecule has 1 unspecified atom stereocenters. The number of benzene rings is 1. The van der Waals surface area contributed by atoms with Crippen LogP contribution < -0.4 is 0 Å². The predicted molar refractivity (Wildman–Crippen MR) is 92.9 cm³/mol. The second-order valence-corrected chi connectivity index (χ2v) is 7.23. The highest BCUT2D eigenvalue weighted by Gasteiger charge is 2.18. The van der Waals surface area contributed by atoms with E-state index in [2.05, 4.69) is 16.9 Å². The van der Waals surface area contributed by atoms with E-state index < -0.39 is 0 Å². The fourth-order valence-electron chi connectivity index (χ4n) is 2.21. The molecule has 112 valence electrons. The maximum absolute atomic E-state index is 12.6. The zero-order chi connectivity index (χ0) is 15.5. The van der Waals surface area contributed by atoms with Gasteiger partial charge in [0.25, 0.3) is 0 Å². The molecule has 0 aliphatic heterocycles. The van der Waals surface area contributed by atoms with Crippen LogP contribution in [0.4, 0.5) is 0 Å². The molecule has 0 aliphatic rings. The number of carbonyl (C=O) groups is 1. The molecule has 0 N–H and O–H groups in total. The monoisotopic (exact) mass is 328 g/mol. The zero-order valence-corrected chi connectivity index (χ0v) is 14.1. The molecular weight excluding hydrogens is 312 g/mol. The molecule has 1 atom stereocenters. The summed E-state index contributed by atoms with van der Waals surface area (Å²) in [5.41, 5.74) is 2.94. The number of fused-ring (bicyclic) bond motifs is 1. The molecule has 0 saturated carbocycles. The summed E-state index contributed by atoms with van der Waals surface area (Å²) in [6.45, 7) is 4.04. The third-order valence-corrected chi connectivity index (χ3v) is 5.65. The van der Waals surface area contributed by atoms with Crippen LogP contribution in [0, 0.1) is 0 Å². The average Bonchev–Trinajstić information content (AvgIpc) is 3.04. The number of rotatable bonds is 5. The molecule has 2 heterocycles. The van der Waals surface area contributed by atoms with Gasteiger partial charge in [0.05, 0.1) is 15.5 Å². The molecule has 0 aliphatic carbocycles. The third-order valence-electron chi connectivity index (χ3n) is 3.51. The van der Waals surface area contributed by atoms with Gasteiger partial charge in [-0.2, -0.15) is 0 Å². The Labute approximate surface area is 137 Å². The van der Waals surface area contributed by atoms with E-state index >= 15 is 0 Å². The van der Waals surface area contributed by atoms with Crippen molar-refractivity contribution in [2.24, 2.45) is 0 Å². The molecule has 1 aromatic carbocycles. The smallest absolute Gasteiger partial charge is 0.175 e. The highest BCUT2D eigenvalue weighted by molar-refractivity contribution is 8.00. The van der Waals surface area contributed by atoms with Gasteiger partial charge in [-0.3, -0.25) is 4.79 Å². The summed E-state index contributed by atoms with van der Waals surface area (Å²) in [6, 6.07) is 9.85. The van der Waals surface area contributed by atoms with Gasteiger partial charge in [0, 0.05) is 5.56 Å². The number of thiophene rings is 1. The molecule has 0 amide bonds. The summed E-state index contributed by atoms with van der Waals surface area (Å²) >= 11 is 3.11. The van der Waals surface area contributed by atoms with Crippen LogP contribution in [-0.2, 0) is 6.42 Å². The number of carbonyl (C=O) groups excluding carboxylic acids is 1. The minimum Gasteiger partial charge on any atom is -0.293 e. The van der Waals surface area contributed by atoms with Gasteiger partial charge in [0.2, 0.25) is 0 Å². The molecule has 22 heavy (non-hydrogen) atoms. The van der Waals surface area contributed by atoms with Crippen LogP contribution in [-0.4, -0.2) is 21.0 Å². The van der Waals surface area contributed by atoms with Gasteiger partial charge in [-0.25, -0.2) is 9.97 Å². The molecule has 0 spiro atoms. The summed E-state index contributed by atoms with van der Waals surface area (Å²) in [6.07, 6.45) is 2.54. The number of nitrogens with zero attached hydrogens (tertiary/aromatic N) is 2. The lowest BCUT2D eigenvalue weighted by molar-refractivity contribution is 0.0994. The van der Waals surface area contributed by atoms with Crippen LogP contribution in [0.15, 0.2) is 47.1 Å². The molecule has 5 heteroatoms. The Morgan fingerprint density at radius 2 is 2.00 bits per heavy atom. The molecule has 3 aromatic rings. The van der Waals surface area contributed by atoms with Crippen LogP contribution in [0.25, 0.3) is 10.2 Å². The lowest BCUT2D eigenvalue weighted by Crippen LogP contribution is -2.13. The van der Waals surface area contributed by atoms with E-state index in [-0.39, 0.29) is 11.0 Å². The van der Waals surface area contributed by atoms with Crippen molar-refractivity contribution in [1.29, 1.82) is 0 Å². The lowest BCUT2D eigenvalue weighted by Gasteiger charge is -2.10. The predicted octanol–water partition coefficient (Wildman–Crippen LogP) is 4.62. The Kier molecular flexibility index (Phi) is 4.55. The van der Waals surface area contributed by atoms with Crippen LogP contribution in [0.3, 0.4) is 0 Å². The Morgan fingerprint density at radius 1 is 1.23 bits per heavy atom. The second kappa shape index (κ2) is 6.58. The van der Waals surface area contributed by atoms with E-state index in [1.165, 1.54) is 17.3 Å². The highest BCUT2D eigenvalue weighted by atomic mass is 32.2. The van der Waals surface area contributed by atoms with E-state index in [1.54, 1.807) is 17.7 Å². The van der Waals surface area contributed by atoms with E-state index in [0.717, 1.165) is 27.2 Å². The fourth-order valence-corrected chi connectivity index (χ4v) is 4.12. The van der Waals surface area contributed by atoms with Crippen molar-refractivity contribution >= 4 is 39.1 Å². The topological polar surface area (TPSA) is 42.9 Å². The zero-order valence-electron chi connectivity index (χ0n) is 12.4. The van der Waals surface area contributed by atoms with Gasteiger partial charge in [-0.1, -0.05) is 43.0 Å². The second-order valence-electron chi connectivity index (χ2n) is 4.99. The standard InChI is InChI=1S/C17H16N2OS2/c1-3-12-4-6-13(7-5-12)15(20)11(2)22-17-16-14(8-9-21-16)18-10-19-17/h4-11H,3H2,1-2H3. The maximum Gasteiger partial charge on any atom is 0.175 e. The number of thioether (sulfide) groups is 1. The molecule has 0 bridgehead atoms. The molecule has 2 aromatic heterocycles. The minimum absolute atomic E-state index is 0.135. The van der Waals surface area contributed by atoms with Crippen molar-refractivity contribution in [1.82, 2.24) is 9.97 Å². The summed E-state index contributed by atoms with van der Waals surface area (Å²) in [7, 11) is 0. The summed E-state index contributed by atoms with van der Waals surface area (Å²) in [5.74, 6) is 0.135. The van der Waals surface area contributed by atoms with Gasteiger partial charge in [-0.15, -0.1) is 11.3 Å². The molecule has 0 fully saturated rings. The molecular formula is C17H16N2OS2. The van der Waals surface area contributed by atoms with Gasteiger partial charge < -0.3 is 0 Å². The van der Waals surface area contributed by atoms with Crippen LogP contribution in [0.5, 0.6) is 0 Å². The van der Waals surface area contributed by atoms with Crippen molar-refractivity contribution in [2.45, 2.75) is 30.5 Å². The molecule has 0 saturated heterocycles. The third kappa shape index (κ3) is 3.05. The Morgan fingerprint density at radius 3 is 2.73 bits per heavy atom. The number of hydrogen-bond acceptors (Lipinski definition) is 5.